The third-order valence-electron chi connectivity index (χ3n) is 4.37. The molecule has 126 valence electrons. The number of rotatable bonds is 5. The van der Waals surface area contributed by atoms with Crippen LogP contribution in [-0.4, -0.2) is 34.3 Å². The summed E-state index contributed by atoms with van der Waals surface area (Å²) in [6.07, 6.45) is 4.01. The molecule has 6 heteroatoms. The molecular weight excluding hydrogens is 322 g/mol. The molecule has 1 aromatic carbocycles. The Hall–Kier alpha value is -2.21. The molecule has 1 aromatic heterocycles. The molecule has 1 saturated carbocycles. The summed E-state index contributed by atoms with van der Waals surface area (Å²) in [5.74, 6) is -0.681. The van der Waals surface area contributed by atoms with Crippen LogP contribution in [-0.2, 0) is 4.79 Å². The summed E-state index contributed by atoms with van der Waals surface area (Å²) in [5.41, 5.74) is 7.90. The summed E-state index contributed by atoms with van der Waals surface area (Å²) in [4.78, 5) is 30.3. The number of aryl methyl sites for hydroxylation is 1. The van der Waals surface area contributed by atoms with E-state index < -0.39 is 5.91 Å². The van der Waals surface area contributed by atoms with E-state index in [9.17, 15) is 9.59 Å². The van der Waals surface area contributed by atoms with Gasteiger partial charge in [-0.15, -0.1) is 11.3 Å². The number of carbonyl (C=O) groups is 2. The molecule has 0 radical (unpaired) electrons. The highest BCUT2D eigenvalue weighted by Crippen LogP contribution is 2.27. The zero-order chi connectivity index (χ0) is 17.1. The predicted molar refractivity (Wildman–Crippen MR) is 94.8 cm³/mol. The molecule has 24 heavy (non-hydrogen) atoms. The lowest BCUT2D eigenvalue weighted by Crippen LogP contribution is -2.44. The predicted octanol–water partition coefficient (Wildman–Crippen LogP) is 2.99. The first kappa shape index (κ1) is 16.6. The number of aromatic nitrogens is 1. The number of hydrogen-bond acceptors (Lipinski definition) is 4. The van der Waals surface area contributed by atoms with E-state index in [0.717, 1.165) is 36.3 Å². The average Bonchev–Trinajstić information content (AvgIpc) is 3.24. The SMILES string of the molecule is Cc1ccc(-c2nc(C(=O)N(CC(N)=O)C3CCCC3)cs2)cc1. The quantitative estimate of drug-likeness (QED) is 0.907. The van der Waals surface area contributed by atoms with Gasteiger partial charge in [-0.25, -0.2) is 4.98 Å². The first-order valence-electron chi connectivity index (χ1n) is 8.16. The van der Waals surface area contributed by atoms with Crippen molar-refractivity contribution in [1.82, 2.24) is 9.88 Å². The second-order valence-electron chi connectivity index (χ2n) is 6.24. The van der Waals surface area contributed by atoms with E-state index in [1.165, 1.54) is 16.9 Å². The average molecular weight is 343 g/mol. The summed E-state index contributed by atoms with van der Waals surface area (Å²) in [7, 11) is 0. The van der Waals surface area contributed by atoms with Gasteiger partial charge in [0.2, 0.25) is 5.91 Å². The molecule has 2 amide bonds. The van der Waals surface area contributed by atoms with Crippen LogP contribution in [0.15, 0.2) is 29.6 Å². The van der Waals surface area contributed by atoms with Gasteiger partial charge in [0.05, 0.1) is 6.54 Å². The van der Waals surface area contributed by atoms with Gasteiger partial charge in [-0.1, -0.05) is 42.7 Å². The maximum absolute atomic E-state index is 12.8. The summed E-state index contributed by atoms with van der Waals surface area (Å²) >= 11 is 1.44. The maximum Gasteiger partial charge on any atom is 0.274 e. The number of hydrogen-bond donors (Lipinski definition) is 1. The second kappa shape index (κ2) is 7.13. The van der Waals surface area contributed by atoms with Gasteiger partial charge in [-0.3, -0.25) is 9.59 Å². The molecule has 3 rings (SSSR count). The first-order chi connectivity index (χ1) is 11.5. The van der Waals surface area contributed by atoms with E-state index in [-0.39, 0.29) is 18.5 Å². The zero-order valence-electron chi connectivity index (χ0n) is 13.7. The van der Waals surface area contributed by atoms with Crippen LogP contribution in [0.2, 0.25) is 0 Å². The summed E-state index contributed by atoms with van der Waals surface area (Å²) in [6.45, 7) is 1.99. The van der Waals surface area contributed by atoms with Crippen molar-refractivity contribution in [2.45, 2.75) is 38.6 Å². The minimum atomic E-state index is -0.482. The molecule has 0 saturated heterocycles. The van der Waals surface area contributed by atoms with Crippen molar-refractivity contribution >= 4 is 23.2 Å². The lowest BCUT2D eigenvalue weighted by Gasteiger charge is -2.27. The topological polar surface area (TPSA) is 76.3 Å². The van der Waals surface area contributed by atoms with Crippen molar-refractivity contribution < 1.29 is 9.59 Å². The molecule has 2 N–H and O–H groups in total. The Labute approximate surface area is 145 Å². The molecule has 0 spiro atoms. The Morgan fingerprint density at radius 3 is 2.54 bits per heavy atom. The lowest BCUT2D eigenvalue weighted by molar-refractivity contribution is -0.119. The summed E-state index contributed by atoms with van der Waals surface area (Å²) in [6, 6.07) is 8.14. The van der Waals surface area contributed by atoms with Crippen molar-refractivity contribution in [2.75, 3.05) is 6.54 Å². The number of primary amides is 1. The maximum atomic E-state index is 12.8. The van der Waals surface area contributed by atoms with Crippen LogP contribution < -0.4 is 5.73 Å². The standard InChI is InChI=1S/C18H21N3O2S/c1-12-6-8-13(9-7-12)17-20-15(11-24-17)18(23)21(10-16(19)22)14-4-2-3-5-14/h6-9,11,14H,2-5,10H2,1H3,(H2,19,22). The van der Waals surface area contributed by atoms with E-state index in [1.54, 1.807) is 10.3 Å². The smallest absolute Gasteiger partial charge is 0.274 e. The fraction of sp³-hybridized carbons (Fsp3) is 0.389. The van der Waals surface area contributed by atoms with Crippen LogP contribution in [0.25, 0.3) is 10.6 Å². The summed E-state index contributed by atoms with van der Waals surface area (Å²) in [5, 5.41) is 2.57. The zero-order valence-corrected chi connectivity index (χ0v) is 14.5. The van der Waals surface area contributed by atoms with Crippen molar-refractivity contribution in [3.05, 3.63) is 40.9 Å². The van der Waals surface area contributed by atoms with Gasteiger partial charge < -0.3 is 10.6 Å². The van der Waals surface area contributed by atoms with Gasteiger partial charge in [-0.2, -0.15) is 0 Å². The van der Waals surface area contributed by atoms with Crippen molar-refractivity contribution in [1.29, 1.82) is 0 Å². The van der Waals surface area contributed by atoms with Crippen LogP contribution in [0.3, 0.4) is 0 Å². The Morgan fingerprint density at radius 1 is 1.25 bits per heavy atom. The Kier molecular flexibility index (Phi) is 4.94. The Morgan fingerprint density at radius 2 is 1.92 bits per heavy atom. The van der Waals surface area contributed by atoms with Crippen LogP contribution in [0, 0.1) is 6.92 Å². The molecule has 1 heterocycles. The van der Waals surface area contributed by atoms with Gasteiger partial charge >= 0.3 is 0 Å². The monoisotopic (exact) mass is 343 g/mol. The molecule has 5 nitrogen and oxygen atoms in total. The number of amides is 2. The molecule has 0 bridgehead atoms. The Balaban J connectivity index is 1.82. The number of carbonyl (C=O) groups excluding carboxylic acids is 2. The van der Waals surface area contributed by atoms with Crippen LogP contribution in [0.1, 0.15) is 41.7 Å². The minimum absolute atomic E-state index is 0.0408. The molecule has 0 aliphatic heterocycles. The normalized spacial score (nSPS) is 14.7. The van der Waals surface area contributed by atoms with Crippen molar-refractivity contribution in [3.63, 3.8) is 0 Å². The fourth-order valence-corrected chi connectivity index (χ4v) is 3.90. The molecule has 0 unspecified atom stereocenters. The van der Waals surface area contributed by atoms with Crippen molar-refractivity contribution in [3.8, 4) is 10.6 Å². The number of nitrogens with zero attached hydrogens (tertiary/aromatic N) is 2. The highest BCUT2D eigenvalue weighted by molar-refractivity contribution is 7.13. The molecule has 1 aliphatic rings. The van der Waals surface area contributed by atoms with E-state index in [4.69, 9.17) is 5.73 Å². The largest absolute Gasteiger partial charge is 0.368 e. The van der Waals surface area contributed by atoms with Gasteiger partial charge in [0.15, 0.2) is 0 Å². The van der Waals surface area contributed by atoms with Crippen LogP contribution in [0.5, 0.6) is 0 Å². The van der Waals surface area contributed by atoms with E-state index in [0.29, 0.717) is 5.69 Å². The summed E-state index contributed by atoms with van der Waals surface area (Å²) < 4.78 is 0. The molecule has 1 aliphatic carbocycles. The van der Waals surface area contributed by atoms with E-state index in [2.05, 4.69) is 4.98 Å². The minimum Gasteiger partial charge on any atom is -0.368 e. The number of nitrogens with two attached hydrogens (primary N) is 1. The van der Waals surface area contributed by atoms with Crippen molar-refractivity contribution in [2.24, 2.45) is 5.73 Å². The third kappa shape index (κ3) is 3.64. The number of thiazole rings is 1. The molecule has 0 atom stereocenters. The molecule has 2 aromatic rings. The fourth-order valence-electron chi connectivity index (χ4n) is 3.10. The molecule has 1 fully saturated rings. The van der Waals surface area contributed by atoms with Gasteiger partial charge in [0.25, 0.3) is 5.91 Å². The van der Waals surface area contributed by atoms with E-state index in [1.807, 2.05) is 31.2 Å². The number of benzene rings is 1. The first-order valence-corrected chi connectivity index (χ1v) is 9.04. The second-order valence-corrected chi connectivity index (χ2v) is 7.10. The highest BCUT2D eigenvalue weighted by atomic mass is 32.1. The van der Waals surface area contributed by atoms with Gasteiger partial charge in [-0.05, 0) is 19.8 Å². The highest BCUT2D eigenvalue weighted by Gasteiger charge is 2.29. The van der Waals surface area contributed by atoms with Gasteiger partial charge in [0.1, 0.15) is 10.7 Å². The Bertz CT molecular complexity index is 733. The third-order valence-corrected chi connectivity index (χ3v) is 5.27. The van der Waals surface area contributed by atoms with Crippen LogP contribution >= 0.6 is 11.3 Å². The van der Waals surface area contributed by atoms with E-state index >= 15 is 0 Å². The molecular formula is C18H21N3O2S. The lowest BCUT2D eigenvalue weighted by atomic mass is 10.1. The van der Waals surface area contributed by atoms with Crippen LogP contribution in [0.4, 0.5) is 0 Å². The van der Waals surface area contributed by atoms with Gasteiger partial charge in [0, 0.05) is 17.0 Å².